The van der Waals surface area contributed by atoms with Crippen LogP contribution in [0.25, 0.3) is 10.9 Å². The van der Waals surface area contributed by atoms with Gasteiger partial charge in [-0.2, -0.15) is 0 Å². The molecule has 2 aromatic heterocycles. The van der Waals surface area contributed by atoms with Crippen LogP contribution in [0.15, 0.2) is 48.1 Å². The lowest BCUT2D eigenvalue weighted by atomic mass is 10.2. The Morgan fingerprint density at radius 3 is 2.95 bits per heavy atom. The van der Waals surface area contributed by atoms with Crippen molar-refractivity contribution in [3.8, 4) is 11.8 Å². The maximum absolute atomic E-state index is 4.29. The summed E-state index contributed by atoms with van der Waals surface area (Å²) in [5.41, 5.74) is 0.953. The number of benzene rings is 1. The van der Waals surface area contributed by atoms with Crippen LogP contribution in [0.4, 0.5) is 5.82 Å². The van der Waals surface area contributed by atoms with Crippen LogP contribution in [0, 0.1) is 11.8 Å². The van der Waals surface area contributed by atoms with Crippen LogP contribution < -0.4 is 5.32 Å². The van der Waals surface area contributed by atoms with E-state index in [4.69, 9.17) is 0 Å². The van der Waals surface area contributed by atoms with E-state index in [0.29, 0.717) is 0 Å². The molecule has 3 aromatic rings. The predicted octanol–water partition coefficient (Wildman–Crippen LogP) is 3.55. The smallest absolute Gasteiger partial charge is 0.137 e. The molecule has 0 aliphatic carbocycles. The molecule has 0 unspecified atom stereocenters. The Balaban J connectivity index is 1.63. The van der Waals surface area contributed by atoms with Gasteiger partial charge in [0.1, 0.15) is 12.1 Å². The second-order valence-electron chi connectivity index (χ2n) is 4.20. The molecule has 0 fully saturated rings. The topological polar surface area (TPSA) is 37.8 Å². The van der Waals surface area contributed by atoms with Gasteiger partial charge in [0, 0.05) is 18.4 Å². The third kappa shape index (κ3) is 2.95. The molecule has 0 aliphatic rings. The van der Waals surface area contributed by atoms with Crippen LogP contribution >= 0.6 is 11.3 Å². The molecule has 1 N–H and O–H groups in total. The summed E-state index contributed by atoms with van der Waals surface area (Å²) in [7, 11) is 0. The Labute approximate surface area is 121 Å². The van der Waals surface area contributed by atoms with Crippen molar-refractivity contribution in [1.82, 2.24) is 9.97 Å². The minimum Gasteiger partial charge on any atom is -0.368 e. The van der Waals surface area contributed by atoms with Crippen molar-refractivity contribution in [3.63, 3.8) is 0 Å². The number of nitrogens with zero attached hydrogens (tertiary/aromatic N) is 2. The number of aromatic nitrogens is 2. The molecule has 0 saturated heterocycles. The highest BCUT2D eigenvalue weighted by atomic mass is 32.1. The molecule has 2 heterocycles. The molecule has 98 valence electrons. The van der Waals surface area contributed by atoms with Crippen LogP contribution in [0.3, 0.4) is 0 Å². The zero-order chi connectivity index (χ0) is 13.6. The summed E-state index contributed by atoms with van der Waals surface area (Å²) in [6.45, 7) is 0.777. The zero-order valence-corrected chi connectivity index (χ0v) is 11.7. The van der Waals surface area contributed by atoms with Crippen molar-refractivity contribution >= 4 is 28.1 Å². The minimum absolute atomic E-state index is 0.777. The van der Waals surface area contributed by atoms with E-state index >= 15 is 0 Å². The second-order valence-corrected chi connectivity index (χ2v) is 5.14. The first kappa shape index (κ1) is 12.6. The second kappa shape index (κ2) is 6.18. The maximum Gasteiger partial charge on any atom is 0.137 e. The Morgan fingerprint density at radius 2 is 2.05 bits per heavy atom. The first-order chi connectivity index (χ1) is 9.93. The van der Waals surface area contributed by atoms with Crippen LogP contribution in [0.1, 0.15) is 11.3 Å². The summed E-state index contributed by atoms with van der Waals surface area (Å²) in [5, 5.41) is 6.40. The van der Waals surface area contributed by atoms with Gasteiger partial charge in [0.25, 0.3) is 0 Å². The molecule has 1 aromatic carbocycles. The molecule has 0 spiro atoms. The van der Waals surface area contributed by atoms with Crippen molar-refractivity contribution in [1.29, 1.82) is 0 Å². The van der Waals surface area contributed by atoms with Gasteiger partial charge in [0.15, 0.2) is 0 Å². The molecule has 20 heavy (non-hydrogen) atoms. The maximum atomic E-state index is 4.29. The zero-order valence-electron chi connectivity index (χ0n) is 10.8. The van der Waals surface area contributed by atoms with E-state index in [1.807, 2.05) is 41.8 Å². The van der Waals surface area contributed by atoms with Crippen molar-refractivity contribution in [2.24, 2.45) is 0 Å². The van der Waals surface area contributed by atoms with Gasteiger partial charge in [0.2, 0.25) is 0 Å². The normalized spacial score (nSPS) is 10.0. The monoisotopic (exact) mass is 279 g/mol. The molecular weight excluding hydrogens is 266 g/mol. The summed E-state index contributed by atoms with van der Waals surface area (Å²) >= 11 is 1.66. The predicted molar refractivity (Wildman–Crippen MR) is 83.8 cm³/mol. The van der Waals surface area contributed by atoms with Crippen molar-refractivity contribution in [3.05, 3.63) is 53.0 Å². The molecule has 0 amide bonds. The Bertz CT molecular complexity index is 749. The number of anilines is 1. The number of nitrogens with one attached hydrogen (secondary N) is 1. The van der Waals surface area contributed by atoms with Gasteiger partial charge in [-0.15, -0.1) is 11.3 Å². The molecule has 3 rings (SSSR count). The van der Waals surface area contributed by atoms with Crippen molar-refractivity contribution in [2.45, 2.75) is 6.42 Å². The average Bonchev–Trinajstić information content (AvgIpc) is 3.00. The van der Waals surface area contributed by atoms with E-state index in [1.54, 1.807) is 17.7 Å². The summed E-state index contributed by atoms with van der Waals surface area (Å²) in [5.74, 6) is 7.17. The van der Waals surface area contributed by atoms with Crippen LogP contribution in [-0.2, 0) is 0 Å². The number of hydrogen-bond acceptors (Lipinski definition) is 4. The summed E-state index contributed by atoms with van der Waals surface area (Å²) in [6.07, 6.45) is 2.37. The van der Waals surface area contributed by atoms with Gasteiger partial charge in [-0.05, 0) is 23.6 Å². The number of fused-ring (bicyclic) bond motifs is 1. The molecule has 4 heteroatoms. The lowest BCUT2D eigenvalue weighted by Crippen LogP contribution is -2.03. The van der Waals surface area contributed by atoms with E-state index in [1.165, 1.54) is 0 Å². The molecular formula is C16H13N3S. The van der Waals surface area contributed by atoms with E-state index in [2.05, 4.69) is 27.1 Å². The Morgan fingerprint density at radius 1 is 1.10 bits per heavy atom. The van der Waals surface area contributed by atoms with Gasteiger partial charge in [-0.1, -0.05) is 30.0 Å². The van der Waals surface area contributed by atoms with E-state index in [-0.39, 0.29) is 0 Å². The van der Waals surface area contributed by atoms with Gasteiger partial charge >= 0.3 is 0 Å². The third-order valence-corrected chi connectivity index (χ3v) is 3.60. The number of thiophene rings is 1. The summed E-state index contributed by atoms with van der Waals surface area (Å²) in [6, 6.07) is 12.0. The van der Waals surface area contributed by atoms with Gasteiger partial charge < -0.3 is 5.32 Å². The van der Waals surface area contributed by atoms with Crippen LogP contribution in [0.5, 0.6) is 0 Å². The number of hydrogen-bond donors (Lipinski definition) is 1. The number of rotatable bonds is 3. The minimum atomic E-state index is 0.777. The Hall–Kier alpha value is -2.38. The fourth-order valence-corrected chi connectivity index (χ4v) is 2.48. The average molecular weight is 279 g/mol. The first-order valence-corrected chi connectivity index (χ1v) is 7.27. The fourth-order valence-electron chi connectivity index (χ4n) is 1.89. The quantitative estimate of drug-likeness (QED) is 0.588. The van der Waals surface area contributed by atoms with Gasteiger partial charge in [-0.3, -0.25) is 0 Å². The lowest BCUT2D eigenvalue weighted by molar-refractivity contribution is 1.07. The third-order valence-electron chi connectivity index (χ3n) is 2.82. The molecule has 3 nitrogen and oxygen atoms in total. The van der Waals surface area contributed by atoms with Gasteiger partial charge in [-0.25, -0.2) is 9.97 Å². The van der Waals surface area contributed by atoms with Gasteiger partial charge in [0.05, 0.1) is 10.4 Å². The van der Waals surface area contributed by atoms with Crippen LogP contribution in [0.2, 0.25) is 0 Å². The summed E-state index contributed by atoms with van der Waals surface area (Å²) in [4.78, 5) is 9.64. The SMILES string of the molecule is C(#Cc1cccs1)CCNc1ncnc2ccccc12. The van der Waals surface area contributed by atoms with E-state index in [9.17, 15) is 0 Å². The largest absolute Gasteiger partial charge is 0.368 e. The highest BCUT2D eigenvalue weighted by Crippen LogP contribution is 2.17. The lowest BCUT2D eigenvalue weighted by Gasteiger charge is -2.05. The highest BCUT2D eigenvalue weighted by Gasteiger charge is 2.00. The fraction of sp³-hybridized carbons (Fsp3) is 0.125. The van der Waals surface area contributed by atoms with E-state index in [0.717, 1.165) is 34.6 Å². The standard InChI is InChI=1S/C16H13N3S/c1-2-9-15-14(8-1)16(19-12-18-15)17-10-4-3-6-13-7-5-11-20-13/h1-2,5,7-9,11-12H,4,10H2,(H,17,18,19). The highest BCUT2D eigenvalue weighted by molar-refractivity contribution is 7.10. The molecule has 0 aliphatic heterocycles. The molecule has 0 atom stereocenters. The van der Waals surface area contributed by atoms with Crippen molar-refractivity contribution in [2.75, 3.05) is 11.9 Å². The Kier molecular flexibility index (Phi) is 3.91. The molecule has 0 radical (unpaired) electrons. The van der Waals surface area contributed by atoms with Crippen molar-refractivity contribution < 1.29 is 0 Å². The summed E-state index contributed by atoms with van der Waals surface area (Å²) < 4.78 is 0. The molecule has 0 saturated carbocycles. The number of para-hydroxylation sites is 1. The van der Waals surface area contributed by atoms with Crippen LogP contribution in [-0.4, -0.2) is 16.5 Å². The first-order valence-electron chi connectivity index (χ1n) is 6.39. The molecule has 0 bridgehead atoms. The van der Waals surface area contributed by atoms with E-state index < -0.39 is 0 Å².